The summed E-state index contributed by atoms with van der Waals surface area (Å²) < 4.78 is 0. The molecule has 0 saturated heterocycles. The molecular formula is C17H19Cl2NO. The van der Waals surface area contributed by atoms with Crippen molar-refractivity contribution in [3.8, 4) is 6.07 Å². The normalized spacial score (nSPS) is 17.2. The highest BCUT2D eigenvalue weighted by molar-refractivity contribution is 6.35. The highest BCUT2D eigenvalue weighted by Gasteiger charge is 2.24. The van der Waals surface area contributed by atoms with Crippen LogP contribution < -0.4 is 0 Å². The van der Waals surface area contributed by atoms with E-state index in [1.807, 2.05) is 0 Å². The van der Waals surface area contributed by atoms with Crippen LogP contribution in [0.2, 0.25) is 10.0 Å². The zero-order valence-electron chi connectivity index (χ0n) is 11.9. The third-order valence-electron chi connectivity index (χ3n) is 4.25. The summed E-state index contributed by atoms with van der Waals surface area (Å²) in [5.41, 5.74) is 0.567. The molecule has 2 nitrogen and oxygen atoms in total. The average Bonchev–Trinajstić information content (AvgIpc) is 2.49. The summed E-state index contributed by atoms with van der Waals surface area (Å²) in [6.45, 7) is 0. The van der Waals surface area contributed by atoms with Crippen LogP contribution in [0, 0.1) is 17.2 Å². The van der Waals surface area contributed by atoms with E-state index in [1.54, 1.807) is 18.2 Å². The summed E-state index contributed by atoms with van der Waals surface area (Å²) in [5, 5.41) is 10.2. The van der Waals surface area contributed by atoms with E-state index < -0.39 is 5.92 Å². The van der Waals surface area contributed by atoms with Gasteiger partial charge in [-0.3, -0.25) is 4.79 Å². The number of hydrogen-bond acceptors (Lipinski definition) is 2. The van der Waals surface area contributed by atoms with Crippen LogP contribution in [0.4, 0.5) is 0 Å². The van der Waals surface area contributed by atoms with Gasteiger partial charge in [0.25, 0.3) is 0 Å². The summed E-state index contributed by atoms with van der Waals surface area (Å²) in [6, 6.07) is 7.02. The topological polar surface area (TPSA) is 40.9 Å². The largest absolute Gasteiger partial charge is 0.298 e. The van der Waals surface area contributed by atoms with Crippen molar-refractivity contribution in [2.24, 2.45) is 5.92 Å². The summed E-state index contributed by atoms with van der Waals surface area (Å²) in [6.07, 6.45) is 7.63. The van der Waals surface area contributed by atoms with Crippen LogP contribution in [0.3, 0.4) is 0 Å². The molecule has 0 radical (unpaired) electrons. The van der Waals surface area contributed by atoms with Gasteiger partial charge in [-0.25, -0.2) is 0 Å². The van der Waals surface area contributed by atoms with Crippen LogP contribution in [0.5, 0.6) is 0 Å². The lowest BCUT2D eigenvalue weighted by molar-refractivity contribution is -0.119. The van der Waals surface area contributed by atoms with Crippen LogP contribution in [-0.2, 0) is 4.79 Å². The van der Waals surface area contributed by atoms with E-state index in [2.05, 4.69) is 6.07 Å². The highest BCUT2D eigenvalue weighted by Crippen LogP contribution is 2.31. The van der Waals surface area contributed by atoms with Crippen molar-refractivity contribution in [1.29, 1.82) is 5.26 Å². The first-order chi connectivity index (χ1) is 10.1. The molecule has 1 aromatic rings. The minimum atomic E-state index is -0.779. The molecule has 1 unspecified atom stereocenters. The Balaban J connectivity index is 1.99. The number of hydrogen-bond donors (Lipinski definition) is 0. The van der Waals surface area contributed by atoms with Crippen molar-refractivity contribution in [3.05, 3.63) is 33.8 Å². The van der Waals surface area contributed by atoms with Crippen LogP contribution >= 0.6 is 23.2 Å². The molecule has 1 saturated carbocycles. The zero-order chi connectivity index (χ0) is 15.2. The van der Waals surface area contributed by atoms with Gasteiger partial charge in [-0.15, -0.1) is 0 Å². The second-order valence-corrected chi connectivity index (χ2v) is 6.58. The van der Waals surface area contributed by atoms with E-state index in [0.29, 0.717) is 27.9 Å². The molecule has 2 rings (SSSR count). The average molecular weight is 324 g/mol. The highest BCUT2D eigenvalue weighted by atomic mass is 35.5. The number of nitriles is 1. The number of halogens is 2. The Morgan fingerprint density at radius 2 is 2.00 bits per heavy atom. The van der Waals surface area contributed by atoms with Gasteiger partial charge >= 0.3 is 0 Å². The number of Topliss-reactive ketones (excluding diaryl/α,β-unsaturated/α-hetero) is 1. The Labute approximate surface area is 136 Å². The van der Waals surface area contributed by atoms with Crippen molar-refractivity contribution >= 4 is 29.0 Å². The molecule has 21 heavy (non-hydrogen) atoms. The van der Waals surface area contributed by atoms with E-state index in [4.69, 9.17) is 23.2 Å². The molecule has 1 aromatic carbocycles. The SMILES string of the molecule is N#CC(C(=O)CCC1CCCCC1)c1ccc(Cl)cc1Cl. The molecule has 0 amide bonds. The van der Waals surface area contributed by atoms with Crippen LogP contribution in [0.25, 0.3) is 0 Å². The molecule has 1 aliphatic carbocycles. The zero-order valence-corrected chi connectivity index (χ0v) is 13.5. The second-order valence-electron chi connectivity index (χ2n) is 5.74. The fourth-order valence-corrected chi connectivity index (χ4v) is 3.53. The Morgan fingerprint density at radius 1 is 1.29 bits per heavy atom. The first-order valence-corrected chi connectivity index (χ1v) is 8.24. The molecule has 0 N–H and O–H groups in total. The molecule has 1 atom stereocenters. The maximum absolute atomic E-state index is 12.3. The van der Waals surface area contributed by atoms with E-state index in [0.717, 1.165) is 6.42 Å². The second kappa shape index (κ2) is 7.82. The predicted octanol–water partition coefficient (Wildman–Crippen LogP) is 5.53. The van der Waals surface area contributed by atoms with Crippen LogP contribution in [-0.4, -0.2) is 5.78 Å². The van der Waals surface area contributed by atoms with Crippen molar-refractivity contribution < 1.29 is 4.79 Å². The van der Waals surface area contributed by atoms with Gasteiger partial charge < -0.3 is 0 Å². The lowest BCUT2D eigenvalue weighted by atomic mass is 9.84. The van der Waals surface area contributed by atoms with E-state index >= 15 is 0 Å². The van der Waals surface area contributed by atoms with Gasteiger partial charge in [0.1, 0.15) is 5.92 Å². The summed E-state index contributed by atoms with van der Waals surface area (Å²) in [7, 11) is 0. The predicted molar refractivity (Wildman–Crippen MR) is 85.6 cm³/mol. The maximum Gasteiger partial charge on any atom is 0.154 e. The fourth-order valence-electron chi connectivity index (χ4n) is 3.02. The maximum atomic E-state index is 12.3. The molecule has 4 heteroatoms. The number of benzene rings is 1. The quantitative estimate of drug-likeness (QED) is 0.714. The van der Waals surface area contributed by atoms with Gasteiger partial charge in [-0.2, -0.15) is 5.26 Å². The third kappa shape index (κ3) is 4.46. The number of nitrogens with zero attached hydrogens (tertiary/aromatic N) is 1. The molecule has 0 aliphatic heterocycles. The van der Waals surface area contributed by atoms with Gasteiger partial charge in [0.15, 0.2) is 5.78 Å². The monoisotopic (exact) mass is 323 g/mol. The van der Waals surface area contributed by atoms with Crippen molar-refractivity contribution in [1.82, 2.24) is 0 Å². The Hall–Kier alpha value is -1.04. The number of rotatable bonds is 5. The molecule has 0 spiro atoms. The van der Waals surface area contributed by atoms with E-state index in [9.17, 15) is 10.1 Å². The number of carbonyl (C=O) groups excluding carboxylic acids is 1. The third-order valence-corrected chi connectivity index (χ3v) is 4.81. The van der Waals surface area contributed by atoms with Gasteiger partial charge in [-0.05, 0) is 30.0 Å². The van der Waals surface area contributed by atoms with E-state index in [1.165, 1.54) is 32.1 Å². The van der Waals surface area contributed by atoms with Crippen LogP contribution in [0.15, 0.2) is 18.2 Å². The molecule has 0 heterocycles. The minimum absolute atomic E-state index is 0.0349. The first-order valence-electron chi connectivity index (χ1n) is 7.49. The molecular weight excluding hydrogens is 305 g/mol. The Bertz CT molecular complexity index is 544. The summed E-state index contributed by atoms with van der Waals surface area (Å²) >= 11 is 12.0. The Kier molecular flexibility index (Phi) is 6.08. The molecule has 0 aromatic heterocycles. The number of ketones is 1. The van der Waals surface area contributed by atoms with Gasteiger partial charge in [0.2, 0.25) is 0 Å². The van der Waals surface area contributed by atoms with Crippen molar-refractivity contribution in [3.63, 3.8) is 0 Å². The summed E-state index contributed by atoms with van der Waals surface area (Å²) in [5.74, 6) is -0.173. The fraction of sp³-hybridized carbons (Fsp3) is 0.529. The lowest BCUT2D eigenvalue weighted by Gasteiger charge is -2.21. The van der Waals surface area contributed by atoms with Gasteiger partial charge in [0.05, 0.1) is 6.07 Å². The number of carbonyl (C=O) groups is 1. The first kappa shape index (κ1) is 16.3. The van der Waals surface area contributed by atoms with E-state index in [-0.39, 0.29) is 5.78 Å². The molecule has 112 valence electrons. The molecule has 1 aliphatic rings. The minimum Gasteiger partial charge on any atom is -0.298 e. The molecule has 0 bridgehead atoms. The molecule has 1 fully saturated rings. The van der Waals surface area contributed by atoms with Gasteiger partial charge in [0, 0.05) is 16.5 Å². The van der Waals surface area contributed by atoms with Crippen molar-refractivity contribution in [2.45, 2.75) is 50.9 Å². The lowest BCUT2D eigenvalue weighted by Crippen LogP contribution is -2.14. The van der Waals surface area contributed by atoms with Crippen LogP contribution in [0.1, 0.15) is 56.4 Å². The smallest absolute Gasteiger partial charge is 0.154 e. The standard InChI is InChI=1S/C17H19Cl2NO/c18-13-7-8-14(16(19)10-13)15(11-20)17(21)9-6-12-4-2-1-3-5-12/h7-8,10,12,15H,1-6,9H2. The summed E-state index contributed by atoms with van der Waals surface area (Å²) in [4.78, 5) is 12.3. The van der Waals surface area contributed by atoms with Gasteiger partial charge in [-0.1, -0.05) is 61.4 Å². The van der Waals surface area contributed by atoms with Crippen molar-refractivity contribution in [2.75, 3.05) is 0 Å². The Morgan fingerprint density at radius 3 is 2.62 bits per heavy atom.